The lowest BCUT2D eigenvalue weighted by Crippen LogP contribution is -2.08. The van der Waals surface area contributed by atoms with E-state index in [-0.39, 0.29) is 18.3 Å². The maximum atomic E-state index is 10.8. The van der Waals surface area contributed by atoms with Gasteiger partial charge in [0.05, 0.1) is 4.92 Å². The van der Waals surface area contributed by atoms with Gasteiger partial charge in [-0.1, -0.05) is 24.3 Å². The molecular weight excluding hydrogens is 268 g/mol. The van der Waals surface area contributed by atoms with Crippen molar-refractivity contribution in [3.8, 4) is 5.75 Å². The van der Waals surface area contributed by atoms with Crippen molar-refractivity contribution in [3.05, 3.63) is 69.3 Å². The van der Waals surface area contributed by atoms with Crippen LogP contribution in [0.15, 0.2) is 42.5 Å². The number of hydrogen-bond donors (Lipinski definition) is 1. The lowest BCUT2D eigenvalue weighted by atomic mass is 10.1. The van der Waals surface area contributed by atoms with E-state index in [1.165, 1.54) is 12.1 Å². The maximum absolute atomic E-state index is 10.8. The van der Waals surface area contributed by atoms with Gasteiger partial charge in [0.15, 0.2) is 0 Å². The average molecular weight is 286 g/mol. The third kappa shape index (κ3) is 3.79. The highest BCUT2D eigenvalue weighted by atomic mass is 16.6. The Labute approximate surface area is 123 Å². The number of aryl methyl sites for hydroxylation is 1. The number of hydrogen-bond acceptors (Lipinski definition) is 4. The van der Waals surface area contributed by atoms with E-state index in [0.29, 0.717) is 0 Å². The predicted octanol–water partition coefficient (Wildman–Crippen LogP) is 3.50. The standard InChI is InChI=1S/C16H18N2O3/c1-11-6-7-15(12(2)17)16(8-11)21-10-13-4-3-5-14(9-13)18(19)20/h3-9,12H,10,17H2,1-2H3/t12-/m1/s1. The van der Waals surface area contributed by atoms with Crippen molar-refractivity contribution in [1.29, 1.82) is 0 Å². The van der Waals surface area contributed by atoms with Gasteiger partial charge in [0.2, 0.25) is 0 Å². The van der Waals surface area contributed by atoms with E-state index in [1.807, 2.05) is 32.0 Å². The summed E-state index contributed by atoms with van der Waals surface area (Å²) in [5.41, 5.74) is 8.74. The minimum Gasteiger partial charge on any atom is -0.489 e. The summed E-state index contributed by atoms with van der Waals surface area (Å²) in [6.45, 7) is 4.14. The molecule has 110 valence electrons. The highest BCUT2D eigenvalue weighted by Crippen LogP contribution is 2.26. The second-order valence-corrected chi connectivity index (χ2v) is 5.05. The largest absolute Gasteiger partial charge is 0.489 e. The Hall–Kier alpha value is -2.40. The molecule has 5 nitrogen and oxygen atoms in total. The molecule has 0 spiro atoms. The fourth-order valence-electron chi connectivity index (χ4n) is 2.06. The molecule has 2 N–H and O–H groups in total. The third-order valence-electron chi connectivity index (χ3n) is 3.18. The lowest BCUT2D eigenvalue weighted by molar-refractivity contribution is -0.384. The van der Waals surface area contributed by atoms with E-state index in [4.69, 9.17) is 10.5 Å². The van der Waals surface area contributed by atoms with Crippen molar-refractivity contribution >= 4 is 5.69 Å². The maximum Gasteiger partial charge on any atom is 0.269 e. The second kappa shape index (κ2) is 6.37. The topological polar surface area (TPSA) is 78.4 Å². The van der Waals surface area contributed by atoms with Gasteiger partial charge in [-0.05, 0) is 31.0 Å². The van der Waals surface area contributed by atoms with Crippen LogP contribution in [0.5, 0.6) is 5.75 Å². The molecule has 2 aromatic rings. The number of ether oxygens (including phenoxy) is 1. The van der Waals surface area contributed by atoms with Gasteiger partial charge in [0.25, 0.3) is 5.69 Å². The van der Waals surface area contributed by atoms with Gasteiger partial charge in [0, 0.05) is 23.7 Å². The summed E-state index contributed by atoms with van der Waals surface area (Å²) >= 11 is 0. The van der Waals surface area contributed by atoms with Crippen LogP contribution < -0.4 is 10.5 Å². The fourth-order valence-corrected chi connectivity index (χ4v) is 2.06. The van der Waals surface area contributed by atoms with Crippen molar-refractivity contribution in [2.24, 2.45) is 5.73 Å². The molecule has 0 aromatic heterocycles. The van der Waals surface area contributed by atoms with Crippen LogP contribution in [0.3, 0.4) is 0 Å². The van der Waals surface area contributed by atoms with Crippen molar-refractivity contribution in [3.63, 3.8) is 0 Å². The summed E-state index contributed by atoms with van der Waals surface area (Å²) in [5.74, 6) is 0.719. The van der Waals surface area contributed by atoms with Crippen LogP contribution in [0.1, 0.15) is 29.7 Å². The molecule has 0 heterocycles. The number of rotatable bonds is 5. The highest BCUT2D eigenvalue weighted by Gasteiger charge is 2.10. The predicted molar refractivity (Wildman–Crippen MR) is 81.2 cm³/mol. The Morgan fingerprint density at radius 3 is 2.71 bits per heavy atom. The minimum atomic E-state index is -0.413. The molecule has 0 saturated heterocycles. The quantitative estimate of drug-likeness (QED) is 0.674. The fraction of sp³-hybridized carbons (Fsp3) is 0.250. The summed E-state index contributed by atoms with van der Waals surface area (Å²) in [4.78, 5) is 10.4. The number of nitrogens with zero attached hydrogens (tertiary/aromatic N) is 1. The van der Waals surface area contributed by atoms with Gasteiger partial charge < -0.3 is 10.5 Å². The van der Waals surface area contributed by atoms with Gasteiger partial charge in [-0.3, -0.25) is 10.1 Å². The Morgan fingerprint density at radius 1 is 1.29 bits per heavy atom. The van der Waals surface area contributed by atoms with E-state index >= 15 is 0 Å². The lowest BCUT2D eigenvalue weighted by Gasteiger charge is -2.15. The molecule has 0 bridgehead atoms. The van der Waals surface area contributed by atoms with Crippen LogP contribution >= 0.6 is 0 Å². The Bertz CT molecular complexity index is 654. The molecular formula is C16H18N2O3. The second-order valence-electron chi connectivity index (χ2n) is 5.05. The Morgan fingerprint density at radius 2 is 2.05 bits per heavy atom. The van der Waals surface area contributed by atoms with Crippen LogP contribution in [0, 0.1) is 17.0 Å². The summed E-state index contributed by atoms with van der Waals surface area (Å²) < 4.78 is 5.80. The van der Waals surface area contributed by atoms with Gasteiger partial charge in [0.1, 0.15) is 12.4 Å². The van der Waals surface area contributed by atoms with E-state index in [1.54, 1.807) is 12.1 Å². The summed E-state index contributed by atoms with van der Waals surface area (Å²) in [6, 6.07) is 12.2. The monoisotopic (exact) mass is 286 g/mol. The first-order chi connectivity index (χ1) is 9.97. The zero-order valence-electron chi connectivity index (χ0n) is 12.1. The molecule has 0 aliphatic rings. The number of nitro benzene ring substituents is 1. The molecule has 0 fully saturated rings. The summed E-state index contributed by atoms with van der Waals surface area (Å²) in [5, 5.41) is 10.8. The van der Waals surface area contributed by atoms with Gasteiger partial charge in [-0.15, -0.1) is 0 Å². The SMILES string of the molecule is Cc1ccc([C@@H](C)N)c(OCc2cccc([N+](=O)[O-])c2)c1. The zero-order valence-corrected chi connectivity index (χ0v) is 12.1. The average Bonchev–Trinajstić information content (AvgIpc) is 2.45. The van der Waals surface area contributed by atoms with E-state index in [9.17, 15) is 10.1 Å². The Balaban J connectivity index is 2.18. The van der Waals surface area contributed by atoms with Crippen LogP contribution in [-0.4, -0.2) is 4.92 Å². The molecule has 5 heteroatoms. The van der Waals surface area contributed by atoms with Crippen LogP contribution in [0.2, 0.25) is 0 Å². The molecule has 0 amide bonds. The highest BCUT2D eigenvalue weighted by molar-refractivity contribution is 5.39. The molecule has 0 unspecified atom stereocenters. The molecule has 0 aliphatic heterocycles. The molecule has 21 heavy (non-hydrogen) atoms. The molecule has 0 radical (unpaired) electrons. The molecule has 2 aromatic carbocycles. The summed E-state index contributed by atoms with van der Waals surface area (Å²) in [7, 11) is 0. The van der Waals surface area contributed by atoms with Gasteiger partial charge >= 0.3 is 0 Å². The van der Waals surface area contributed by atoms with Crippen LogP contribution in [0.4, 0.5) is 5.69 Å². The van der Waals surface area contributed by atoms with Crippen molar-refractivity contribution in [2.45, 2.75) is 26.5 Å². The first-order valence-electron chi connectivity index (χ1n) is 6.69. The van der Waals surface area contributed by atoms with E-state index in [2.05, 4.69) is 0 Å². The number of nitrogens with two attached hydrogens (primary N) is 1. The first-order valence-corrected chi connectivity index (χ1v) is 6.69. The molecule has 0 aliphatic carbocycles. The smallest absolute Gasteiger partial charge is 0.269 e. The van der Waals surface area contributed by atoms with Crippen molar-refractivity contribution in [1.82, 2.24) is 0 Å². The van der Waals surface area contributed by atoms with Gasteiger partial charge in [-0.2, -0.15) is 0 Å². The molecule has 1 atom stereocenters. The van der Waals surface area contributed by atoms with Crippen molar-refractivity contribution < 1.29 is 9.66 Å². The summed E-state index contributed by atoms with van der Waals surface area (Å²) in [6.07, 6.45) is 0. The number of non-ortho nitro benzene ring substituents is 1. The van der Waals surface area contributed by atoms with Gasteiger partial charge in [-0.25, -0.2) is 0 Å². The van der Waals surface area contributed by atoms with Crippen LogP contribution in [-0.2, 0) is 6.61 Å². The minimum absolute atomic E-state index is 0.0627. The first kappa shape index (κ1) is 15.0. The zero-order chi connectivity index (χ0) is 15.4. The van der Waals surface area contributed by atoms with Crippen LogP contribution in [0.25, 0.3) is 0 Å². The normalized spacial score (nSPS) is 12.0. The molecule has 0 saturated carbocycles. The van der Waals surface area contributed by atoms with Crippen molar-refractivity contribution in [2.75, 3.05) is 0 Å². The third-order valence-corrected chi connectivity index (χ3v) is 3.18. The molecule has 2 rings (SSSR count). The van der Waals surface area contributed by atoms with E-state index in [0.717, 1.165) is 22.4 Å². The Kier molecular flexibility index (Phi) is 4.55. The van der Waals surface area contributed by atoms with E-state index < -0.39 is 4.92 Å². The number of benzene rings is 2. The number of nitro groups is 1.